The fourth-order valence-corrected chi connectivity index (χ4v) is 4.57. The highest BCUT2D eigenvalue weighted by molar-refractivity contribution is 6.36. The van der Waals surface area contributed by atoms with Crippen molar-refractivity contribution in [3.8, 4) is 5.75 Å². The number of carbonyl (C=O) groups is 2. The summed E-state index contributed by atoms with van der Waals surface area (Å²) in [6.45, 7) is 2.59. The number of anilines is 2. The van der Waals surface area contributed by atoms with Gasteiger partial charge < -0.3 is 25.8 Å². The molecule has 0 spiro atoms. The van der Waals surface area contributed by atoms with Gasteiger partial charge in [-0.25, -0.2) is 4.39 Å². The van der Waals surface area contributed by atoms with Crippen LogP contribution in [-0.4, -0.2) is 51.2 Å². The molecule has 4 rings (SSSR count). The molecular weight excluding hydrogens is 524 g/mol. The molecule has 1 aromatic heterocycles. The third-order valence-electron chi connectivity index (χ3n) is 5.95. The molecule has 12 heteroatoms. The molecule has 0 saturated carbocycles. The van der Waals surface area contributed by atoms with E-state index in [9.17, 15) is 19.1 Å². The Balaban J connectivity index is 1.44. The molecule has 9 nitrogen and oxygen atoms in total. The lowest BCUT2D eigenvalue weighted by molar-refractivity contribution is 0.0546. The second-order valence-electron chi connectivity index (χ2n) is 8.55. The van der Waals surface area contributed by atoms with E-state index in [2.05, 4.69) is 15.5 Å². The van der Waals surface area contributed by atoms with Gasteiger partial charge in [0.05, 0.1) is 11.1 Å². The van der Waals surface area contributed by atoms with Crippen molar-refractivity contribution in [3.63, 3.8) is 0 Å². The summed E-state index contributed by atoms with van der Waals surface area (Å²) in [7, 11) is 0. The van der Waals surface area contributed by atoms with Crippen LogP contribution in [0.4, 0.5) is 15.9 Å². The summed E-state index contributed by atoms with van der Waals surface area (Å²) in [5.41, 5.74) is 6.91. The highest BCUT2D eigenvalue weighted by atomic mass is 35.5. The molecule has 0 unspecified atom stereocenters. The first-order chi connectivity index (χ1) is 17.6. The number of amides is 2. The monoisotopic (exact) mass is 547 g/mol. The predicted octanol–water partition coefficient (Wildman–Crippen LogP) is 4.49. The smallest absolute Gasteiger partial charge is 0.276 e. The van der Waals surface area contributed by atoms with Gasteiger partial charge in [0, 0.05) is 41.0 Å². The van der Waals surface area contributed by atoms with Crippen LogP contribution in [0.15, 0.2) is 42.5 Å². The van der Waals surface area contributed by atoms with Crippen LogP contribution in [0.2, 0.25) is 10.0 Å². The normalized spacial score (nSPS) is 14.8. The van der Waals surface area contributed by atoms with Crippen LogP contribution in [0, 0.1) is 5.82 Å². The maximum absolute atomic E-state index is 13.9. The molecule has 4 N–H and O–H groups in total. The Labute approximate surface area is 222 Å². The standard InChI is InChI=1S/C25H24Cl2FN5O4/c1-13(21-17(26)6-7-18(28)22(21)27)37-20-12-19(31-32-23(20)29)24(35)30-15-4-2-14(3-5-15)25(36)33-10-8-16(34)9-11-33/h2-7,12-13,16,34H,8-11H2,1H3,(H2,29,32)(H,30,35)/t13-/m1/s1. The van der Waals surface area contributed by atoms with Gasteiger partial charge in [0.2, 0.25) is 0 Å². The van der Waals surface area contributed by atoms with E-state index in [1.54, 1.807) is 36.1 Å². The number of hydrogen-bond donors (Lipinski definition) is 3. The Bertz CT molecular complexity index is 1320. The number of rotatable bonds is 6. The molecule has 1 saturated heterocycles. The van der Waals surface area contributed by atoms with Crippen LogP contribution in [0.3, 0.4) is 0 Å². The number of hydrogen-bond acceptors (Lipinski definition) is 7. The van der Waals surface area contributed by atoms with E-state index in [1.807, 2.05) is 0 Å². The Morgan fingerprint density at radius 3 is 2.51 bits per heavy atom. The second kappa shape index (κ2) is 11.3. The van der Waals surface area contributed by atoms with Gasteiger partial charge >= 0.3 is 0 Å². The number of ether oxygens (including phenoxy) is 1. The molecule has 0 aliphatic carbocycles. The number of halogens is 3. The van der Waals surface area contributed by atoms with Crippen molar-refractivity contribution in [2.45, 2.75) is 32.0 Å². The lowest BCUT2D eigenvalue weighted by Crippen LogP contribution is -2.40. The number of nitrogens with one attached hydrogen (secondary N) is 1. The number of aliphatic hydroxyl groups excluding tert-OH is 1. The number of benzene rings is 2. The van der Waals surface area contributed by atoms with E-state index in [4.69, 9.17) is 33.7 Å². The Hall–Kier alpha value is -3.47. The summed E-state index contributed by atoms with van der Waals surface area (Å²) >= 11 is 12.2. The van der Waals surface area contributed by atoms with Crippen LogP contribution < -0.4 is 15.8 Å². The van der Waals surface area contributed by atoms with Crippen molar-refractivity contribution < 1.29 is 23.8 Å². The van der Waals surface area contributed by atoms with Gasteiger partial charge in [-0.2, -0.15) is 0 Å². The first-order valence-electron chi connectivity index (χ1n) is 11.5. The van der Waals surface area contributed by atoms with Crippen molar-refractivity contribution in [2.75, 3.05) is 24.1 Å². The van der Waals surface area contributed by atoms with Gasteiger partial charge in [0.1, 0.15) is 11.9 Å². The summed E-state index contributed by atoms with van der Waals surface area (Å²) in [5, 5.41) is 19.9. The summed E-state index contributed by atoms with van der Waals surface area (Å²) in [4.78, 5) is 27.1. The molecule has 194 valence electrons. The van der Waals surface area contributed by atoms with Crippen molar-refractivity contribution in [3.05, 3.63) is 75.1 Å². The average Bonchev–Trinajstić information content (AvgIpc) is 2.88. The van der Waals surface area contributed by atoms with Crippen molar-refractivity contribution in [1.29, 1.82) is 0 Å². The molecule has 0 radical (unpaired) electrons. The minimum absolute atomic E-state index is 0.0386. The van der Waals surface area contributed by atoms with Gasteiger partial charge in [-0.1, -0.05) is 23.2 Å². The van der Waals surface area contributed by atoms with E-state index in [0.717, 1.165) is 6.07 Å². The number of likely N-dealkylation sites (tertiary alicyclic amines) is 1. The average molecular weight is 548 g/mol. The minimum atomic E-state index is -0.814. The number of carbonyl (C=O) groups excluding carboxylic acids is 2. The number of nitrogens with two attached hydrogens (primary N) is 1. The molecule has 2 amide bonds. The molecule has 2 heterocycles. The second-order valence-corrected chi connectivity index (χ2v) is 9.34. The summed E-state index contributed by atoms with van der Waals surface area (Å²) < 4.78 is 19.7. The number of aliphatic hydroxyl groups is 1. The summed E-state index contributed by atoms with van der Waals surface area (Å²) in [6, 6.07) is 10.2. The molecule has 1 atom stereocenters. The molecule has 0 bridgehead atoms. The molecule has 2 aromatic carbocycles. The molecule has 1 fully saturated rings. The van der Waals surface area contributed by atoms with Crippen molar-refractivity contribution in [2.24, 2.45) is 0 Å². The molecule has 1 aliphatic rings. The number of nitrogens with zero attached hydrogens (tertiary/aromatic N) is 3. The van der Waals surface area contributed by atoms with Gasteiger partial charge in [0.25, 0.3) is 11.8 Å². The van der Waals surface area contributed by atoms with Crippen LogP contribution >= 0.6 is 23.2 Å². The SMILES string of the molecule is C[C@@H](Oc1cc(C(=O)Nc2ccc(C(=O)N3CCC(O)CC3)cc2)nnc1N)c1c(Cl)ccc(F)c1Cl. The lowest BCUT2D eigenvalue weighted by Gasteiger charge is -2.29. The fraction of sp³-hybridized carbons (Fsp3) is 0.280. The zero-order valence-corrected chi connectivity index (χ0v) is 21.3. The first kappa shape index (κ1) is 26.6. The van der Waals surface area contributed by atoms with E-state index in [-0.39, 0.29) is 44.9 Å². The van der Waals surface area contributed by atoms with E-state index >= 15 is 0 Å². The topological polar surface area (TPSA) is 131 Å². The van der Waals surface area contributed by atoms with Crippen LogP contribution in [-0.2, 0) is 0 Å². The summed E-state index contributed by atoms with van der Waals surface area (Å²) in [6.07, 6.45) is -0.0829. The molecular formula is C25H24Cl2FN5O4. The first-order valence-corrected chi connectivity index (χ1v) is 12.2. The van der Waals surface area contributed by atoms with Gasteiger partial charge in [-0.3, -0.25) is 9.59 Å². The third-order valence-corrected chi connectivity index (χ3v) is 6.66. The van der Waals surface area contributed by atoms with E-state index in [1.165, 1.54) is 12.1 Å². The van der Waals surface area contributed by atoms with Crippen LogP contribution in [0.5, 0.6) is 5.75 Å². The zero-order chi connectivity index (χ0) is 26.7. The number of aromatic nitrogens is 2. The molecule has 1 aliphatic heterocycles. The van der Waals surface area contributed by atoms with Crippen LogP contribution in [0.1, 0.15) is 52.3 Å². The quantitative estimate of drug-likeness (QED) is 0.387. The minimum Gasteiger partial charge on any atom is -0.482 e. The van der Waals surface area contributed by atoms with Gasteiger partial charge in [0.15, 0.2) is 17.3 Å². The van der Waals surface area contributed by atoms with Crippen molar-refractivity contribution in [1.82, 2.24) is 15.1 Å². The molecule has 37 heavy (non-hydrogen) atoms. The van der Waals surface area contributed by atoms with Gasteiger partial charge in [-0.05, 0) is 56.2 Å². The van der Waals surface area contributed by atoms with Crippen molar-refractivity contribution >= 4 is 46.5 Å². The van der Waals surface area contributed by atoms with E-state index < -0.39 is 17.8 Å². The highest BCUT2D eigenvalue weighted by Crippen LogP contribution is 2.35. The Kier molecular flexibility index (Phi) is 8.11. The molecule has 3 aromatic rings. The number of nitrogen functional groups attached to an aromatic ring is 1. The third kappa shape index (κ3) is 6.10. The van der Waals surface area contributed by atoms with E-state index in [0.29, 0.717) is 37.2 Å². The fourth-order valence-electron chi connectivity index (χ4n) is 3.90. The Morgan fingerprint density at radius 1 is 1.16 bits per heavy atom. The zero-order valence-electron chi connectivity index (χ0n) is 19.7. The summed E-state index contributed by atoms with van der Waals surface area (Å²) in [5.74, 6) is -1.42. The maximum atomic E-state index is 13.9. The maximum Gasteiger partial charge on any atom is 0.276 e. The predicted molar refractivity (Wildman–Crippen MR) is 137 cm³/mol. The largest absolute Gasteiger partial charge is 0.482 e. The highest BCUT2D eigenvalue weighted by Gasteiger charge is 2.23. The Morgan fingerprint density at radius 2 is 1.84 bits per heavy atom. The van der Waals surface area contributed by atoms with Gasteiger partial charge in [-0.15, -0.1) is 10.2 Å². The van der Waals surface area contributed by atoms with Crippen LogP contribution in [0.25, 0.3) is 0 Å². The number of piperidine rings is 1. The lowest BCUT2D eigenvalue weighted by atomic mass is 10.1.